The maximum Gasteiger partial charge on any atom is 0.131 e. The summed E-state index contributed by atoms with van der Waals surface area (Å²) >= 11 is 0. The van der Waals surface area contributed by atoms with Gasteiger partial charge in [0.2, 0.25) is 0 Å². The van der Waals surface area contributed by atoms with Gasteiger partial charge in [0.25, 0.3) is 0 Å². The van der Waals surface area contributed by atoms with Crippen molar-refractivity contribution >= 4 is 0 Å². The molecular formula is C12H19N3. The van der Waals surface area contributed by atoms with E-state index in [1.165, 1.54) is 17.0 Å². The van der Waals surface area contributed by atoms with Crippen LogP contribution in [0.4, 0.5) is 0 Å². The molecule has 0 fully saturated rings. The van der Waals surface area contributed by atoms with E-state index in [2.05, 4.69) is 42.7 Å². The van der Waals surface area contributed by atoms with Crippen LogP contribution in [0.25, 0.3) is 0 Å². The fourth-order valence-corrected chi connectivity index (χ4v) is 2.05. The first kappa shape index (κ1) is 10.6. The highest BCUT2D eigenvalue weighted by molar-refractivity contribution is 5.29. The van der Waals surface area contributed by atoms with Crippen LogP contribution in [-0.4, -0.2) is 21.9 Å². The van der Waals surface area contributed by atoms with Gasteiger partial charge in [0.1, 0.15) is 5.82 Å². The molecule has 0 bridgehead atoms. The van der Waals surface area contributed by atoms with Gasteiger partial charge in [-0.15, -0.1) is 0 Å². The van der Waals surface area contributed by atoms with Crippen molar-refractivity contribution in [2.24, 2.45) is 0 Å². The Bertz CT molecular complexity index is 371. The van der Waals surface area contributed by atoms with Gasteiger partial charge < -0.3 is 0 Å². The van der Waals surface area contributed by atoms with E-state index in [-0.39, 0.29) is 0 Å². The van der Waals surface area contributed by atoms with E-state index in [1.807, 2.05) is 0 Å². The molecule has 0 amide bonds. The molecule has 1 aromatic heterocycles. The van der Waals surface area contributed by atoms with Gasteiger partial charge in [0.05, 0.1) is 5.69 Å². The molecular weight excluding hydrogens is 186 g/mol. The predicted octanol–water partition coefficient (Wildman–Crippen LogP) is 2.11. The van der Waals surface area contributed by atoms with Crippen molar-refractivity contribution in [1.82, 2.24) is 14.9 Å². The van der Waals surface area contributed by atoms with E-state index in [4.69, 9.17) is 0 Å². The van der Waals surface area contributed by atoms with Crippen molar-refractivity contribution in [1.29, 1.82) is 0 Å². The van der Waals surface area contributed by atoms with E-state index in [9.17, 15) is 0 Å². The van der Waals surface area contributed by atoms with Crippen molar-refractivity contribution in [3.8, 4) is 0 Å². The Hall–Kier alpha value is -0.960. The minimum Gasteiger partial charge on any atom is -0.296 e. The number of fused-ring (bicyclic) bond motifs is 1. The molecule has 82 valence electrons. The van der Waals surface area contributed by atoms with E-state index in [0.29, 0.717) is 5.92 Å². The van der Waals surface area contributed by atoms with Crippen LogP contribution >= 0.6 is 0 Å². The summed E-state index contributed by atoms with van der Waals surface area (Å²) in [6, 6.07) is 0. The molecule has 0 saturated carbocycles. The van der Waals surface area contributed by atoms with E-state index in [0.717, 1.165) is 25.3 Å². The molecule has 2 rings (SSSR count). The molecule has 0 aromatic carbocycles. The molecule has 0 saturated heterocycles. The molecule has 0 radical (unpaired) electrons. The highest BCUT2D eigenvalue weighted by Crippen LogP contribution is 2.24. The van der Waals surface area contributed by atoms with Gasteiger partial charge in [-0.25, -0.2) is 9.97 Å². The SMILES string of the molecule is CCc1nc(C(C)C)nc2c1CN(C)C2. The molecule has 0 N–H and O–H groups in total. The fourth-order valence-electron chi connectivity index (χ4n) is 2.05. The first-order chi connectivity index (χ1) is 7.11. The largest absolute Gasteiger partial charge is 0.296 e. The van der Waals surface area contributed by atoms with Crippen molar-refractivity contribution < 1.29 is 0 Å². The average molecular weight is 205 g/mol. The summed E-state index contributed by atoms with van der Waals surface area (Å²) in [5.41, 5.74) is 3.85. The van der Waals surface area contributed by atoms with Crippen LogP contribution in [0.3, 0.4) is 0 Å². The van der Waals surface area contributed by atoms with E-state index in [1.54, 1.807) is 0 Å². The number of hydrogen-bond acceptors (Lipinski definition) is 3. The third-order valence-corrected chi connectivity index (χ3v) is 2.89. The Morgan fingerprint density at radius 2 is 2.00 bits per heavy atom. The Morgan fingerprint density at radius 1 is 1.27 bits per heavy atom. The second-order valence-electron chi connectivity index (χ2n) is 4.63. The van der Waals surface area contributed by atoms with Crippen LogP contribution < -0.4 is 0 Å². The maximum absolute atomic E-state index is 4.66. The zero-order valence-corrected chi connectivity index (χ0v) is 10.0. The lowest BCUT2D eigenvalue weighted by atomic mass is 10.1. The topological polar surface area (TPSA) is 29.0 Å². The highest BCUT2D eigenvalue weighted by Gasteiger charge is 2.22. The summed E-state index contributed by atoms with van der Waals surface area (Å²) in [6.45, 7) is 8.46. The lowest BCUT2D eigenvalue weighted by molar-refractivity contribution is 0.350. The van der Waals surface area contributed by atoms with Crippen molar-refractivity contribution in [3.63, 3.8) is 0 Å². The molecule has 0 aliphatic carbocycles. The highest BCUT2D eigenvalue weighted by atomic mass is 15.1. The van der Waals surface area contributed by atoms with Gasteiger partial charge in [-0.1, -0.05) is 20.8 Å². The number of aromatic nitrogens is 2. The van der Waals surface area contributed by atoms with Crippen LogP contribution in [-0.2, 0) is 19.5 Å². The van der Waals surface area contributed by atoms with Crippen molar-refractivity contribution in [3.05, 3.63) is 22.8 Å². The summed E-state index contributed by atoms with van der Waals surface area (Å²) in [5, 5.41) is 0. The van der Waals surface area contributed by atoms with Crippen LogP contribution in [0.5, 0.6) is 0 Å². The monoisotopic (exact) mass is 205 g/mol. The van der Waals surface area contributed by atoms with Gasteiger partial charge >= 0.3 is 0 Å². The van der Waals surface area contributed by atoms with E-state index < -0.39 is 0 Å². The minimum atomic E-state index is 0.423. The molecule has 1 aliphatic heterocycles. The molecule has 0 atom stereocenters. The second-order valence-corrected chi connectivity index (χ2v) is 4.63. The molecule has 15 heavy (non-hydrogen) atoms. The molecule has 2 heterocycles. The Labute approximate surface area is 91.5 Å². The first-order valence-electron chi connectivity index (χ1n) is 5.69. The summed E-state index contributed by atoms with van der Waals surface area (Å²) < 4.78 is 0. The van der Waals surface area contributed by atoms with Crippen LogP contribution in [0, 0.1) is 0 Å². The third kappa shape index (κ3) is 1.88. The lowest BCUT2D eigenvalue weighted by Gasteiger charge is -2.09. The number of nitrogens with zero attached hydrogens (tertiary/aromatic N) is 3. The van der Waals surface area contributed by atoms with Crippen LogP contribution in [0.15, 0.2) is 0 Å². The number of rotatable bonds is 2. The average Bonchev–Trinajstić information content (AvgIpc) is 2.56. The van der Waals surface area contributed by atoms with E-state index >= 15 is 0 Å². The standard InChI is InChI=1S/C12H19N3/c1-5-10-9-6-15(4)7-11(9)14-12(13-10)8(2)3/h8H,5-7H2,1-4H3. The van der Waals surface area contributed by atoms with Gasteiger partial charge in [-0.2, -0.15) is 0 Å². The normalized spacial score (nSPS) is 16.1. The quantitative estimate of drug-likeness (QED) is 0.740. The third-order valence-electron chi connectivity index (χ3n) is 2.89. The Kier molecular flexibility index (Phi) is 2.74. The Balaban J connectivity index is 2.47. The number of aryl methyl sites for hydroxylation is 1. The van der Waals surface area contributed by atoms with Gasteiger partial charge in [0, 0.05) is 30.3 Å². The van der Waals surface area contributed by atoms with Crippen molar-refractivity contribution in [2.45, 2.75) is 46.2 Å². The molecule has 1 aromatic rings. The second kappa shape index (κ2) is 3.89. The number of hydrogen-bond donors (Lipinski definition) is 0. The summed E-state index contributed by atoms with van der Waals surface area (Å²) in [5.74, 6) is 1.42. The molecule has 3 nitrogen and oxygen atoms in total. The minimum absolute atomic E-state index is 0.423. The smallest absolute Gasteiger partial charge is 0.131 e. The van der Waals surface area contributed by atoms with Gasteiger partial charge in [-0.3, -0.25) is 4.90 Å². The fraction of sp³-hybridized carbons (Fsp3) is 0.667. The first-order valence-corrected chi connectivity index (χ1v) is 5.69. The Morgan fingerprint density at radius 3 is 2.60 bits per heavy atom. The lowest BCUT2D eigenvalue weighted by Crippen LogP contribution is -2.08. The molecule has 0 spiro atoms. The summed E-state index contributed by atoms with van der Waals surface area (Å²) in [6.07, 6.45) is 1.01. The van der Waals surface area contributed by atoms with Gasteiger partial charge in [-0.05, 0) is 13.5 Å². The summed E-state index contributed by atoms with van der Waals surface area (Å²) in [4.78, 5) is 11.6. The van der Waals surface area contributed by atoms with Crippen molar-refractivity contribution in [2.75, 3.05) is 7.05 Å². The molecule has 3 heteroatoms. The van der Waals surface area contributed by atoms with Crippen LogP contribution in [0.2, 0.25) is 0 Å². The van der Waals surface area contributed by atoms with Crippen LogP contribution in [0.1, 0.15) is 49.5 Å². The molecule has 0 unspecified atom stereocenters. The van der Waals surface area contributed by atoms with Gasteiger partial charge in [0.15, 0.2) is 0 Å². The zero-order valence-electron chi connectivity index (χ0n) is 10.0. The maximum atomic E-state index is 4.66. The molecule has 1 aliphatic rings. The zero-order chi connectivity index (χ0) is 11.0. The predicted molar refractivity (Wildman–Crippen MR) is 60.7 cm³/mol. The summed E-state index contributed by atoms with van der Waals surface area (Å²) in [7, 11) is 2.14.